The minimum Gasteiger partial charge on any atom is -0.446 e. The van der Waals surface area contributed by atoms with Gasteiger partial charge in [-0.05, 0) is 24.6 Å². The molecule has 1 aliphatic heterocycles. The van der Waals surface area contributed by atoms with E-state index in [1.54, 1.807) is 11.0 Å². The first kappa shape index (κ1) is 20.2. The SMILES string of the molecule is CCCC(N)c1nc(C(=O)N2CCN(c3cccc(C(F)(F)F)c3)CC2)co1. The summed E-state index contributed by atoms with van der Waals surface area (Å²) in [6, 6.07) is 4.88. The first-order valence-corrected chi connectivity index (χ1v) is 9.22. The number of nitrogens with zero attached hydrogens (tertiary/aromatic N) is 3. The second kappa shape index (κ2) is 8.22. The number of benzene rings is 1. The van der Waals surface area contributed by atoms with E-state index in [4.69, 9.17) is 10.2 Å². The first-order chi connectivity index (χ1) is 13.3. The van der Waals surface area contributed by atoms with Crippen molar-refractivity contribution in [2.75, 3.05) is 31.1 Å². The number of halogens is 3. The number of oxazole rings is 1. The molecule has 0 saturated carbocycles. The maximum absolute atomic E-state index is 12.9. The lowest BCUT2D eigenvalue weighted by molar-refractivity contribution is -0.137. The Balaban J connectivity index is 1.62. The van der Waals surface area contributed by atoms with E-state index < -0.39 is 11.7 Å². The predicted molar refractivity (Wildman–Crippen MR) is 97.9 cm³/mol. The van der Waals surface area contributed by atoms with E-state index in [1.165, 1.54) is 12.3 Å². The Morgan fingerprint density at radius 2 is 2.00 bits per heavy atom. The van der Waals surface area contributed by atoms with Crippen molar-refractivity contribution < 1.29 is 22.4 Å². The topological polar surface area (TPSA) is 75.6 Å². The summed E-state index contributed by atoms with van der Waals surface area (Å²) in [5.74, 6) is 0.0789. The van der Waals surface area contributed by atoms with E-state index in [-0.39, 0.29) is 17.6 Å². The second-order valence-corrected chi connectivity index (χ2v) is 6.79. The molecule has 3 rings (SSSR count). The first-order valence-electron chi connectivity index (χ1n) is 9.22. The molecule has 0 spiro atoms. The summed E-state index contributed by atoms with van der Waals surface area (Å²) in [6.45, 7) is 3.65. The smallest absolute Gasteiger partial charge is 0.416 e. The number of amides is 1. The van der Waals surface area contributed by atoms with Gasteiger partial charge in [0, 0.05) is 31.9 Å². The largest absolute Gasteiger partial charge is 0.446 e. The summed E-state index contributed by atoms with van der Waals surface area (Å²) in [6.07, 6.45) is -1.47. The summed E-state index contributed by atoms with van der Waals surface area (Å²) in [5, 5.41) is 0. The highest BCUT2D eigenvalue weighted by Gasteiger charge is 2.31. The molecule has 1 aromatic heterocycles. The van der Waals surface area contributed by atoms with Gasteiger partial charge in [0.05, 0.1) is 11.6 Å². The Hall–Kier alpha value is -2.55. The van der Waals surface area contributed by atoms with Crippen LogP contribution in [0.5, 0.6) is 0 Å². The quantitative estimate of drug-likeness (QED) is 0.838. The van der Waals surface area contributed by atoms with Crippen LogP contribution in [-0.4, -0.2) is 42.0 Å². The molecule has 1 amide bonds. The number of aromatic nitrogens is 1. The van der Waals surface area contributed by atoms with Gasteiger partial charge in [-0.1, -0.05) is 19.4 Å². The summed E-state index contributed by atoms with van der Waals surface area (Å²) in [5.41, 5.74) is 5.98. The highest BCUT2D eigenvalue weighted by molar-refractivity contribution is 5.92. The highest BCUT2D eigenvalue weighted by atomic mass is 19.4. The van der Waals surface area contributed by atoms with Crippen LogP contribution < -0.4 is 10.6 Å². The van der Waals surface area contributed by atoms with Crippen molar-refractivity contribution in [2.24, 2.45) is 5.73 Å². The number of nitrogens with two attached hydrogens (primary N) is 1. The van der Waals surface area contributed by atoms with Crippen molar-refractivity contribution >= 4 is 11.6 Å². The predicted octanol–water partition coefficient (Wildman–Crippen LogP) is 3.46. The van der Waals surface area contributed by atoms with Crippen molar-refractivity contribution in [3.63, 3.8) is 0 Å². The number of carbonyl (C=O) groups excluding carboxylic acids is 1. The van der Waals surface area contributed by atoms with Crippen LogP contribution in [0.3, 0.4) is 0 Å². The number of piperazine rings is 1. The number of carbonyl (C=O) groups is 1. The zero-order chi connectivity index (χ0) is 20.3. The molecule has 2 aromatic rings. The van der Waals surface area contributed by atoms with E-state index in [9.17, 15) is 18.0 Å². The van der Waals surface area contributed by atoms with Crippen molar-refractivity contribution in [2.45, 2.75) is 32.0 Å². The van der Waals surface area contributed by atoms with E-state index in [2.05, 4.69) is 4.98 Å². The lowest BCUT2D eigenvalue weighted by atomic mass is 10.1. The Kier molecular flexibility index (Phi) is 5.93. The molecule has 28 heavy (non-hydrogen) atoms. The van der Waals surface area contributed by atoms with Crippen molar-refractivity contribution in [1.29, 1.82) is 0 Å². The van der Waals surface area contributed by atoms with E-state index in [1.807, 2.05) is 11.8 Å². The van der Waals surface area contributed by atoms with Gasteiger partial charge in [0.15, 0.2) is 5.69 Å². The van der Waals surface area contributed by atoms with Crippen LogP contribution in [0, 0.1) is 0 Å². The average molecular weight is 396 g/mol. The van der Waals surface area contributed by atoms with Gasteiger partial charge in [-0.15, -0.1) is 0 Å². The zero-order valence-corrected chi connectivity index (χ0v) is 15.6. The lowest BCUT2D eigenvalue weighted by Crippen LogP contribution is -2.49. The maximum Gasteiger partial charge on any atom is 0.416 e. The van der Waals surface area contributed by atoms with Crippen molar-refractivity contribution in [3.05, 3.63) is 47.7 Å². The summed E-state index contributed by atoms with van der Waals surface area (Å²) < 4.78 is 44.0. The van der Waals surface area contributed by atoms with Crippen LogP contribution in [-0.2, 0) is 6.18 Å². The molecule has 1 unspecified atom stereocenters. The van der Waals surface area contributed by atoms with Crippen LogP contribution in [0.2, 0.25) is 0 Å². The Morgan fingerprint density at radius 3 is 2.64 bits per heavy atom. The maximum atomic E-state index is 12.9. The standard InChI is InChI=1S/C19H23F3N4O2/c1-2-4-15(23)17-24-16(12-28-17)18(27)26-9-7-25(8-10-26)14-6-3-5-13(11-14)19(20,21)22/h3,5-6,11-12,15H,2,4,7-10,23H2,1H3. The van der Waals surface area contributed by atoms with Crippen LogP contribution in [0.4, 0.5) is 18.9 Å². The third-order valence-electron chi connectivity index (χ3n) is 4.76. The molecule has 1 aliphatic rings. The molecule has 1 aromatic carbocycles. The minimum atomic E-state index is -4.38. The molecule has 1 fully saturated rings. The molecule has 2 heterocycles. The van der Waals surface area contributed by atoms with Gasteiger partial charge in [0.25, 0.3) is 5.91 Å². The van der Waals surface area contributed by atoms with E-state index in [0.29, 0.717) is 44.2 Å². The van der Waals surface area contributed by atoms with Gasteiger partial charge >= 0.3 is 6.18 Å². The number of anilines is 1. The third-order valence-corrected chi connectivity index (χ3v) is 4.76. The Bertz CT molecular complexity index is 814. The number of alkyl halides is 3. The van der Waals surface area contributed by atoms with E-state index in [0.717, 1.165) is 18.6 Å². The normalized spacial score (nSPS) is 16.3. The average Bonchev–Trinajstić information content (AvgIpc) is 3.17. The van der Waals surface area contributed by atoms with Gasteiger partial charge in [-0.2, -0.15) is 13.2 Å². The minimum absolute atomic E-state index is 0.203. The number of rotatable bonds is 5. The van der Waals surface area contributed by atoms with Crippen LogP contribution in [0.1, 0.15) is 47.7 Å². The molecule has 1 saturated heterocycles. The summed E-state index contributed by atoms with van der Waals surface area (Å²) in [4.78, 5) is 20.3. The van der Waals surface area contributed by atoms with Gasteiger partial charge in [0.1, 0.15) is 6.26 Å². The van der Waals surface area contributed by atoms with Crippen molar-refractivity contribution in [3.8, 4) is 0 Å². The number of hydrogen-bond donors (Lipinski definition) is 1. The van der Waals surface area contributed by atoms with Gasteiger partial charge in [-0.25, -0.2) is 4.98 Å². The number of hydrogen-bond acceptors (Lipinski definition) is 5. The van der Waals surface area contributed by atoms with Gasteiger partial charge < -0.3 is 20.0 Å². The van der Waals surface area contributed by atoms with Crippen molar-refractivity contribution in [1.82, 2.24) is 9.88 Å². The summed E-state index contributed by atoms with van der Waals surface area (Å²) in [7, 11) is 0. The molecular formula is C19H23F3N4O2. The zero-order valence-electron chi connectivity index (χ0n) is 15.6. The van der Waals surface area contributed by atoms with Gasteiger partial charge in [0.2, 0.25) is 5.89 Å². The Labute approximate surface area is 161 Å². The molecule has 1 atom stereocenters. The molecule has 9 heteroatoms. The molecule has 0 bridgehead atoms. The van der Waals surface area contributed by atoms with Crippen LogP contribution in [0.15, 0.2) is 34.9 Å². The molecule has 0 radical (unpaired) electrons. The van der Waals surface area contributed by atoms with Crippen LogP contribution >= 0.6 is 0 Å². The third kappa shape index (κ3) is 4.46. The second-order valence-electron chi connectivity index (χ2n) is 6.79. The fourth-order valence-corrected chi connectivity index (χ4v) is 3.20. The lowest BCUT2D eigenvalue weighted by Gasteiger charge is -2.36. The molecular weight excluding hydrogens is 373 g/mol. The van der Waals surface area contributed by atoms with E-state index >= 15 is 0 Å². The van der Waals surface area contributed by atoms with Crippen LogP contribution in [0.25, 0.3) is 0 Å². The monoisotopic (exact) mass is 396 g/mol. The Morgan fingerprint density at radius 1 is 1.29 bits per heavy atom. The fraction of sp³-hybridized carbons (Fsp3) is 0.474. The van der Waals surface area contributed by atoms with Gasteiger partial charge in [-0.3, -0.25) is 4.79 Å². The molecule has 152 valence electrons. The summed E-state index contributed by atoms with van der Waals surface area (Å²) >= 11 is 0. The molecule has 0 aliphatic carbocycles. The highest BCUT2D eigenvalue weighted by Crippen LogP contribution is 2.32. The fourth-order valence-electron chi connectivity index (χ4n) is 3.20. The molecule has 6 nitrogen and oxygen atoms in total. The molecule has 2 N–H and O–H groups in total.